The Kier molecular flexibility index (Phi) is 7.55. The van der Waals surface area contributed by atoms with Crippen LogP contribution < -0.4 is 5.32 Å². The minimum absolute atomic E-state index is 0.0942. The van der Waals surface area contributed by atoms with Gasteiger partial charge in [-0.15, -0.1) is 11.3 Å². The summed E-state index contributed by atoms with van der Waals surface area (Å²) >= 11 is 1.38. The van der Waals surface area contributed by atoms with Crippen molar-refractivity contribution < 1.29 is 19.1 Å². The van der Waals surface area contributed by atoms with E-state index in [1.54, 1.807) is 13.0 Å². The van der Waals surface area contributed by atoms with Crippen LogP contribution in [-0.2, 0) is 27.3 Å². The van der Waals surface area contributed by atoms with Crippen LogP contribution in [0, 0.1) is 0 Å². The number of ether oxygens (including phenoxy) is 2. The molecule has 1 aromatic heterocycles. The maximum absolute atomic E-state index is 12.3. The lowest BCUT2D eigenvalue weighted by Crippen LogP contribution is -2.19. The highest BCUT2D eigenvalue weighted by Gasteiger charge is 2.19. The average molecular weight is 410 g/mol. The number of amides is 1. The Labute approximate surface area is 174 Å². The number of thiophene rings is 1. The predicted molar refractivity (Wildman–Crippen MR) is 114 cm³/mol. The van der Waals surface area contributed by atoms with E-state index in [1.165, 1.54) is 11.3 Å². The molecule has 150 valence electrons. The standard InChI is InChI=1S/C23H23NO4S/c1-2-28-23(26)20-14-19(13-17-9-5-3-6-10-17)29-22(20)24-21(25)16-27-15-18-11-7-4-8-12-18/h3-12,14H,2,13,15-16H2,1H3,(H,24,25). The summed E-state index contributed by atoms with van der Waals surface area (Å²) < 4.78 is 10.6. The van der Waals surface area contributed by atoms with Crippen molar-refractivity contribution in [1.82, 2.24) is 0 Å². The molecule has 3 aromatic rings. The van der Waals surface area contributed by atoms with Gasteiger partial charge in [0.2, 0.25) is 0 Å². The molecule has 0 spiro atoms. The third-order valence-electron chi connectivity index (χ3n) is 4.10. The molecule has 0 atom stereocenters. The van der Waals surface area contributed by atoms with Crippen molar-refractivity contribution in [2.45, 2.75) is 20.0 Å². The minimum atomic E-state index is -0.441. The Balaban J connectivity index is 1.65. The fraction of sp³-hybridized carbons (Fsp3) is 0.217. The number of hydrogen-bond donors (Lipinski definition) is 1. The molecule has 0 fully saturated rings. The lowest BCUT2D eigenvalue weighted by atomic mass is 10.1. The van der Waals surface area contributed by atoms with Crippen LogP contribution in [0.3, 0.4) is 0 Å². The second-order valence-electron chi connectivity index (χ2n) is 6.36. The van der Waals surface area contributed by atoms with Gasteiger partial charge in [0.05, 0.1) is 18.8 Å². The van der Waals surface area contributed by atoms with Gasteiger partial charge in [-0.3, -0.25) is 4.79 Å². The maximum Gasteiger partial charge on any atom is 0.341 e. The summed E-state index contributed by atoms with van der Waals surface area (Å²) in [5.41, 5.74) is 2.50. The highest BCUT2D eigenvalue weighted by Crippen LogP contribution is 2.30. The smallest absolute Gasteiger partial charge is 0.341 e. The molecule has 1 amide bonds. The van der Waals surface area contributed by atoms with Crippen molar-refractivity contribution >= 4 is 28.2 Å². The van der Waals surface area contributed by atoms with E-state index in [9.17, 15) is 9.59 Å². The van der Waals surface area contributed by atoms with Crippen molar-refractivity contribution in [2.24, 2.45) is 0 Å². The number of carbonyl (C=O) groups is 2. The summed E-state index contributed by atoms with van der Waals surface area (Å²) in [6.45, 7) is 2.28. The van der Waals surface area contributed by atoms with Crippen LogP contribution in [0.15, 0.2) is 66.7 Å². The summed E-state index contributed by atoms with van der Waals surface area (Å²) in [6.07, 6.45) is 0.679. The predicted octanol–water partition coefficient (Wildman–Crippen LogP) is 4.67. The zero-order valence-electron chi connectivity index (χ0n) is 16.2. The number of anilines is 1. The van der Waals surface area contributed by atoms with E-state index < -0.39 is 5.97 Å². The summed E-state index contributed by atoms with van der Waals surface area (Å²) in [4.78, 5) is 25.6. The molecule has 0 saturated heterocycles. The van der Waals surface area contributed by atoms with Gasteiger partial charge >= 0.3 is 5.97 Å². The normalized spacial score (nSPS) is 10.5. The second-order valence-corrected chi connectivity index (χ2v) is 7.50. The maximum atomic E-state index is 12.3. The molecule has 29 heavy (non-hydrogen) atoms. The molecular weight excluding hydrogens is 386 g/mol. The molecule has 0 aliphatic rings. The first-order valence-corrected chi connectivity index (χ1v) is 10.2. The summed E-state index contributed by atoms with van der Waals surface area (Å²) in [7, 11) is 0. The number of carbonyl (C=O) groups excluding carboxylic acids is 2. The van der Waals surface area contributed by atoms with Crippen LogP contribution in [0.1, 0.15) is 33.3 Å². The summed E-state index contributed by atoms with van der Waals surface area (Å²) in [6, 6.07) is 21.4. The summed E-state index contributed by atoms with van der Waals surface area (Å²) in [5.74, 6) is -0.747. The third-order valence-corrected chi connectivity index (χ3v) is 5.15. The molecular formula is C23H23NO4S. The van der Waals surface area contributed by atoms with Crippen LogP contribution in [-0.4, -0.2) is 25.1 Å². The zero-order valence-corrected chi connectivity index (χ0v) is 17.0. The van der Waals surface area contributed by atoms with Crippen LogP contribution in [0.25, 0.3) is 0 Å². The molecule has 2 aromatic carbocycles. The van der Waals surface area contributed by atoms with E-state index in [0.717, 1.165) is 16.0 Å². The first-order valence-electron chi connectivity index (χ1n) is 9.41. The van der Waals surface area contributed by atoms with Crippen molar-refractivity contribution in [2.75, 3.05) is 18.5 Å². The van der Waals surface area contributed by atoms with Crippen molar-refractivity contribution in [3.63, 3.8) is 0 Å². The monoisotopic (exact) mass is 409 g/mol. The Morgan fingerprint density at radius 2 is 1.62 bits per heavy atom. The van der Waals surface area contributed by atoms with Gasteiger partial charge in [0.1, 0.15) is 11.6 Å². The number of rotatable bonds is 9. The van der Waals surface area contributed by atoms with Gasteiger partial charge < -0.3 is 14.8 Å². The topological polar surface area (TPSA) is 64.6 Å². The van der Waals surface area contributed by atoms with E-state index in [-0.39, 0.29) is 19.1 Å². The number of hydrogen-bond acceptors (Lipinski definition) is 5. The van der Waals surface area contributed by atoms with E-state index in [1.807, 2.05) is 60.7 Å². The lowest BCUT2D eigenvalue weighted by molar-refractivity contribution is -0.120. The molecule has 0 aliphatic heterocycles. The molecule has 0 aliphatic carbocycles. The van der Waals surface area contributed by atoms with Crippen molar-refractivity contribution in [1.29, 1.82) is 0 Å². The van der Waals surface area contributed by atoms with E-state index in [4.69, 9.17) is 9.47 Å². The van der Waals surface area contributed by atoms with Gasteiger partial charge in [-0.05, 0) is 24.1 Å². The van der Waals surface area contributed by atoms with Gasteiger partial charge in [0.25, 0.3) is 5.91 Å². The Morgan fingerprint density at radius 1 is 0.966 bits per heavy atom. The quantitative estimate of drug-likeness (QED) is 0.522. The number of esters is 1. The molecule has 3 rings (SSSR count). The molecule has 6 heteroatoms. The molecule has 0 radical (unpaired) electrons. The van der Waals surface area contributed by atoms with Gasteiger partial charge in [-0.1, -0.05) is 60.7 Å². The van der Waals surface area contributed by atoms with Gasteiger partial charge in [-0.2, -0.15) is 0 Å². The van der Waals surface area contributed by atoms with Gasteiger partial charge in [0.15, 0.2) is 0 Å². The zero-order chi connectivity index (χ0) is 20.5. The fourth-order valence-corrected chi connectivity index (χ4v) is 3.87. The van der Waals surface area contributed by atoms with E-state index >= 15 is 0 Å². The SMILES string of the molecule is CCOC(=O)c1cc(Cc2ccccc2)sc1NC(=O)COCc1ccccc1. The van der Waals surface area contributed by atoms with E-state index in [2.05, 4.69) is 5.32 Å². The molecule has 0 unspecified atom stereocenters. The fourth-order valence-electron chi connectivity index (χ4n) is 2.78. The van der Waals surface area contributed by atoms with Gasteiger partial charge in [-0.25, -0.2) is 4.79 Å². The highest BCUT2D eigenvalue weighted by molar-refractivity contribution is 7.16. The van der Waals surface area contributed by atoms with Crippen LogP contribution in [0.2, 0.25) is 0 Å². The average Bonchev–Trinajstić information content (AvgIpc) is 3.12. The van der Waals surface area contributed by atoms with Crippen molar-refractivity contribution in [3.8, 4) is 0 Å². The Bertz CT molecular complexity index is 938. The van der Waals surface area contributed by atoms with Crippen LogP contribution in [0.4, 0.5) is 5.00 Å². The molecule has 1 heterocycles. The summed E-state index contributed by atoms with van der Waals surface area (Å²) in [5, 5.41) is 3.28. The first kappa shape index (κ1) is 20.8. The lowest BCUT2D eigenvalue weighted by Gasteiger charge is -2.07. The number of benzene rings is 2. The third kappa shape index (κ3) is 6.27. The minimum Gasteiger partial charge on any atom is -0.462 e. The largest absolute Gasteiger partial charge is 0.462 e. The molecule has 1 N–H and O–H groups in total. The Morgan fingerprint density at radius 3 is 2.28 bits per heavy atom. The van der Waals surface area contributed by atoms with Crippen LogP contribution in [0.5, 0.6) is 0 Å². The number of nitrogens with one attached hydrogen (secondary N) is 1. The van der Waals surface area contributed by atoms with Crippen LogP contribution >= 0.6 is 11.3 Å². The van der Waals surface area contributed by atoms with E-state index in [0.29, 0.717) is 23.6 Å². The van der Waals surface area contributed by atoms with Crippen molar-refractivity contribution in [3.05, 3.63) is 88.3 Å². The highest BCUT2D eigenvalue weighted by atomic mass is 32.1. The van der Waals surface area contributed by atoms with Gasteiger partial charge in [0, 0.05) is 11.3 Å². The molecule has 0 bridgehead atoms. The Hall–Kier alpha value is -2.96. The molecule has 5 nitrogen and oxygen atoms in total. The molecule has 0 saturated carbocycles. The first-order chi connectivity index (χ1) is 14.2. The second kappa shape index (κ2) is 10.5.